The molecule has 0 aliphatic rings. The predicted molar refractivity (Wildman–Crippen MR) is 41.4 cm³/mol. The van der Waals surface area contributed by atoms with Gasteiger partial charge in [0.1, 0.15) is 0 Å². The number of nitrogens with zero attached hydrogens (tertiary/aromatic N) is 1. The Balaban J connectivity index is 3.94. The van der Waals surface area contributed by atoms with Crippen molar-refractivity contribution in [2.24, 2.45) is 0 Å². The van der Waals surface area contributed by atoms with Crippen LogP contribution in [0.1, 0.15) is 26.7 Å². The number of rotatable bonds is 2. The van der Waals surface area contributed by atoms with Gasteiger partial charge in [0.25, 0.3) is 0 Å². The minimum absolute atomic E-state index is 0.254. The molecule has 0 N–H and O–H groups in total. The zero-order valence-electron chi connectivity index (χ0n) is 6.13. The van der Waals surface area contributed by atoms with Gasteiger partial charge in [0.15, 0.2) is 0 Å². The summed E-state index contributed by atoms with van der Waals surface area (Å²) >= 11 is 3.71. The number of imide groups is 1. The topological polar surface area (TPSA) is 37.4 Å². The van der Waals surface area contributed by atoms with Crippen molar-refractivity contribution in [3.63, 3.8) is 0 Å². The Bertz CT molecular complexity index is 131. The van der Waals surface area contributed by atoms with Crippen LogP contribution < -0.4 is 0 Å². The molecule has 0 bridgehead atoms. The summed E-state index contributed by atoms with van der Waals surface area (Å²) in [6, 6.07) is 0. The molecule has 0 spiro atoms. The highest BCUT2D eigenvalue weighted by Crippen LogP contribution is 2.00. The number of carbonyl (C=O) groups excluding carboxylic acids is 2. The van der Waals surface area contributed by atoms with E-state index in [4.69, 9.17) is 0 Å². The summed E-state index contributed by atoms with van der Waals surface area (Å²) in [5.74, 6) is -0.509. The Morgan fingerprint density at radius 3 is 1.70 bits per heavy atom. The van der Waals surface area contributed by atoms with Gasteiger partial charge in [0.05, 0.1) is 0 Å². The minimum atomic E-state index is -0.254. The first-order chi connectivity index (χ1) is 4.63. The molecule has 0 radical (unpaired) electrons. The summed E-state index contributed by atoms with van der Waals surface area (Å²) in [5.41, 5.74) is 0. The summed E-state index contributed by atoms with van der Waals surface area (Å²) in [6.07, 6.45) is 0.629. The Hall–Kier alpha value is -0.510. The van der Waals surface area contributed by atoms with E-state index in [2.05, 4.69) is 12.8 Å². The monoisotopic (exact) mass is 161 g/mol. The zero-order chi connectivity index (χ0) is 8.15. The molecule has 0 heterocycles. The zero-order valence-corrected chi connectivity index (χ0v) is 7.02. The molecular weight excluding hydrogens is 150 g/mol. The van der Waals surface area contributed by atoms with Gasteiger partial charge in [-0.25, -0.2) is 4.31 Å². The maximum atomic E-state index is 10.7. The van der Waals surface area contributed by atoms with E-state index in [1.165, 1.54) is 0 Å². The van der Waals surface area contributed by atoms with E-state index in [1.807, 2.05) is 0 Å². The maximum Gasteiger partial charge on any atom is 0.238 e. The fourth-order valence-corrected chi connectivity index (χ4v) is 0.721. The molecule has 4 heteroatoms. The molecule has 0 aliphatic carbocycles. The highest BCUT2D eigenvalue weighted by molar-refractivity contribution is 7.79. The third-order valence-electron chi connectivity index (χ3n) is 1.08. The van der Waals surface area contributed by atoms with Crippen molar-refractivity contribution < 1.29 is 9.59 Å². The average Bonchev–Trinajstić information content (AvgIpc) is 2.00. The second kappa shape index (κ2) is 4.33. The van der Waals surface area contributed by atoms with Crippen molar-refractivity contribution in [3.05, 3.63) is 0 Å². The van der Waals surface area contributed by atoms with Crippen molar-refractivity contribution in [3.8, 4) is 0 Å². The van der Waals surface area contributed by atoms with Gasteiger partial charge in [-0.15, -0.1) is 0 Å². The van der Waals surface area contributed by atoms with E-state index >= 15 is 0 Å². The normalized spacial score (nSPS) is 9.10. The Morgan fingerprint density at radius 1 is 1.20 bits per heavy atom. The van der Waals surface area contributed by atoms with Crippen molar-refractivity contribution in [1.29, 1.82) is 0 Å². The summed E-state index contributed by atoms with van der Waals surface area (Å²) in [7, 11) is 0. The number of amides is 2. The fraction of sp³-hybridized carbons (Fsp3) is 0.667. The molecule has 0 rings (SSSR count). The smallest absolute Gasteiger partial charge is 0.238 e. The van der Waals surface area contributed by atoms with Crippen LogP contribution in [0.5, 0.6) is 0 Å². The van der Waals surface area contributed by atoms with Crippen molar-refractivity contribution in [1.82, 2.24) is 4.31 Å². The van der Waals surface area contributed by atoms with E-state index in [9.17, 15) is 9.59 Å². The summed E-state index contributed by atoms with van der Waals surface area (Å²) in [5, 5.41) is 0. The van der Waals surface area contributed by atoms with Crippen LogP contribution in [0.25, 0.3) is 0 Å². The van der Waals surface area contributed by atoms with Gasteiger partial charge in [0, 0.05) is 12.8 Å². The van der Waals surface area contributed by atoms with E-state index in [-0.39, 0.29) is 11.8 Å². The molecule has 0 fully saturated rings. The van der Waals surface area contributed by atoms with Crippen LogP contribution in [-0.2, 0) is 9.59 Å². The van der Waals surface area contributed by atoms with Crippen molar-refractivity contribution in [2.45, 2.75) is 26.7 Å². The molecule has 3 nitrogen and oxygen atoms in total. The molecule has 58 valence electrons. The van der Waals surface area contributed by atoms with Crippen LogP contribution in [0.3, 0.4) is 0 Å². The molecule has 0 unspecified atom stereocenters. The minimum Gasteiger partial charge on any atom is -0.273 e. The molecule has 0 saturated carbocycles. The number of carbonyl (C=O) groups is 2. The van der Waals surface area contributed by atoms with E-state index in [0.29, 0.717) is 12.8 Å². The number of hydrogen-bond donors (Lipinski definition) is 1. The maximum absolute atomic E-state index is 10.7. The second-order valence-electron chi connectivity index (χ2n) is 1.81. The Labute approximate surface area is 65.9 Å². The third-order valence-corrected chi connectivity index (χ3v) is 1.52. The van der Waals surface area contributed by atoms with Crippen LogP contribution in [0, 0.1) is 0 Å². The summed E-state index contributed by atoms with van der Waals surface area (Å²) in [4.78, 5) is 21.5. The summed E-state index contributed by atoms with van der Waals surface area (Å²) < 4.78 is 0.861. The fourth-order valence-electron chi connectivity index (χ4n) is 0.439. The lowest BCUT2D eigenvalue weighted by molar-refractivity contribution is -0.137. The first kappa shape index (κ1) is 9.49. The summed E-state index contributed by atoms with van der Waals surface area (Å²) in [6.45, 7) is 3.38. The first-order valence-electron chi connectivity index (χ1n) is 3.18. The molecular formula is C6H11NO2S. The molecule has 0 saturated heterocycles. The highest BCUT2D eigenvalue weighted by atomic mass is 32.1. The van der Waals surface area contributed by atoms with Gasteiger partial charge in [0.2, 0.25) is 11.8 Å². The van der Waals surface area contributed by atoms with Crippen LogP contribution >= 0.6 is 12.8 Å². The third kappa shape index (κ3) is 2.39. The van der Waals surface area contributed by atoms with Gasteiger partial charge in [-0.05, 0) is 0 Å². The molecule has 10 heavy (non-hydrogen) atoms. The molecule has 0 aromatic heterocycles. The first-order valence-corrected chi connectivity index (χ1v) is 3.58. The molecule has 2 amide bonds. The molecule has 0 aliphatic heterocycles. The highest BCUT2D eigenvalue weighted by Gasteiger charge is 2.12. The quantitative estimate of drug-likeness (QED) is 0.614. The van der Waals surface area contributed by atoms with E-state index in [0.717, 1.165) is 4.31 Å². The average molecular weight is 161 g/mol. The van der Waals surface area contributed by atoms with Gasteiger partial charge in [-0.1, -0.05) is 26.7 Å². The lowest BCUT2D eigenvalue weighted by atomic mass is 10.4. The van der Waals surface area contributed by atoms with Gasteiger partial charge in [-0.3, -0.25) is 9.59 Å². The van der Waals surface area contributed by atoms with Crippen molar-refractivity contribution in [2.75, 3.05) is 0 Å². The van der Waals surface area contributed by atoms with Crippen LogP contribution in [-0.4, -0.2) is 16.1 Å². The standard InChI is InChI=1S/C6H11NO2S/c1-3-5(8)7(10)6(9)4-2/h10H,3-4H2,1-2H3. The Morgan fingerprint density at radius 2 is 1.50 bits per heavy atom. The van der Waals surface area contributed by atoms with Crippen LogP contribution in [0.2, 0.25) is 0 Å². The van der Waals surface area contributed by atoms with Crippen LogP contribution in [0.15, 0.2) is 0 Å². The van der Waals surface area contributed by atoms with E-state index < -0.39 is 0 Å². The molecule has 0 atom stereocenters. The molecule has 0 aromatic carbocycles. The SMILES string of the molecule is CCC(=O)N(S)C(=O)CC. The Kier molecular flexibility index (Phi) is 4.11. The van der Waals surface area contributed by atoms with Gasteiger partial charge in [-0.2, -0.15) is 0 Å². The van der Waals surface area contributed by atoms with Crippen molar-refractivity contribution >= 4 is 24.6 Å². The lowest BCUT2D eigenvalue weighted by Gasteiger charge is -2.10. The number of hydrogen-bond acceptors (Lipinski definition) is 3. The predicted octanol–water partition coefficient (Wildman–Crippen LogP) is 1.01. The van der Waals surface area contributed by atoms with E-state index in [1.54, 1.807) is 13.8 Å². The second-order valence-corrected chi connectivity index (χ2v) is 2.21. The van der Waals surface area contributed by atoms with Gasteiger partial charge < -0.3 is 0 Å². The van der Waals surface area contributed by atoms with Crippen LogP contribution in [0.4, 0.5) is 0 Å². The van der Waals surface area contributed by atoms with Gasteiger partial charge >= 0.3 is 0 Å². The largest absolute Gasteiger partial charge is 0.273 e. The lowest BCUT2D eigenvalue weighted by Crippen LogP contribution is -2.26. The molecule has 0 aromatic rings. The number of thiol groups is 1.